The van der Waals surface area contributed by atoms with E-state index in [0.717, 1.165) is 29.7 Å². The van der Waals surface area contributed by atoms with Crippen LogP contribution in [-0.4, -0.2) is 49.5 Å². The first-order chi connectivity index (χ1) is 12.1. The molecule has 1 aromatic rings. The van der Waals surface area contributed by atoms with Crippen molar-refractivity contribution in [1.29, 1.82) is 0 Å². The summed E-state index contributed by atoms with van der Waals surface area (Å²) in [6.07, 6.45) is 8.16. The zero-order valence-corrected chi connectivity index (χ0v) is 16.0. The molecule has 0 radical (unpaired) electrons. The summed E-state index contributed by atoms with van der Waals surface area (Å²) in [6.45, 7) is 6.25. The molecule has 0 saturated carbocycles. The summed E-state index contributed by atoms with van der Waals surface area (Å²) in [5, 5.41) is 0. The molecule has 1 aliphatic heterocycles. The number of hydrogen-bond donors (Lipinski definition) is 0. The minimum Gasteiger partial charge on any atom is -0.497 e. The molecule has 0 aliphatic carbocycles. The number of unbranched alkanes of at least 4 members (excludes halogenated alkanes) is 2. The number of carbonyl (C=O) groups excluding carboxylic acids is 1. The number of rotatable bonds is 9. The summed E-state index contributed by atoms with van der Waals surface area (Å²) >= 11 is 0. The average molecular weight is 344 g/mol. The highest BCUT2D eigenvalue weighted by atomic mass is 16.5. The summed E-state index contributed by atoms with van der Waals surface area (Å²) in [4.78, 5) is 16.8. The van der Waals surface area contributed by atoms with Gasteiger partial charge in [-0.25, -0.2) is 0 Å². The Morgan fingerprint density at radius 1 is 1.28 bits per heavy atom. The number of ether oxygens (including phenoxy) is 1. The van der Waals surface area contributed by atoms with Crippen LogP contribution in [0.1, 0.15) is 44.6 Å². The molecule has 1 aliphatic rings. The maximum absolute atomic E-state index is 12.5. The largest absolute Gasteiger partial charge is 0.497 e. The van der Waals surface area contributed by atoms with Crippen molar-refractivity contribution in [1.82, 2.24) is 9.80 Å². The number of methoxy groups -OCH3 is 1. The lowest BCUT2D eigenvalue weighted by Gasteiger charge is -2.18. The molecular weight excluding hydrogens is 312 g/mol. The molecule has 1 saturated heterocycles. The van der Waals surface area contributed by atoms with Crippen molar-refractivity contribution in [3.05, 3.63) is 41.5 Å². The fourth-order valence-electron chi connectivity index (χ4n) is 3.31. The fourth-order valence-corrected chi connectivity index (χ4v) is 3.31. The van der Waals surface area contributed by atoms with Crippen LogP contribution >= 0.6 is 0 Å². The highest BCUT2D eigenvalue weighted by Crippen LogP contribution is 2.15. The third-order valence-corrected chi connectivity index (χ3v) is 4.82. The van der Waals surface area contributed by atoms with E-state index in [-0.39, 0.29) is 5.91 Å². The summed E-state index contributed by atoms with van der Waals surface area (Å²) in [5.41, 5.74) is 1.92. The van der Waals surface area contributed by atoms with E-state index >= 15 is 0 Å². The van der Waals surface area contributed by atoms with Crippen molar-refractivity contribution in [2.45, 2.75) is 45.6 Å². The molecule has 25 heavy (non-hydrogen) atoms. The molecule has 138 valence electrons. The number of likely N-dealkylation sites (tertiary alicyclic amines) is 1. The van der Waals surface area contributed by atoms with Crippen molar-refractivity contribution >= 4 is 5.91 Å². The smallest absolute Gasteiger partial charge is 0.249 e. The van der Waals surface area contributed by atoms with Crippen LogP contribution in [0.2, 0.25) is 0 Å². The van der Waals surface area contributed by atoms with Gasteiger partial charge in [0.25, 0.3) is 0 Å². The van der Waals surface area contributed by atoms with Gasteiger partial charge in [0, 0.05) is 19.2 Å². The molecule has 0 spiro atoms. The minimum absolute atomic E-state index is 0.0994. The molecule has 0 bridgehead atoms. The number of nitrogens with zero attached hydrogens (tertiary/aromatic N) is 2. The van der Waals surface area contributed by atoms with Gasteiger partial charge in [0.05, 0.1) is 7.11 Å². The van der Waals surface area contributed by atoms with Crippen molar-refractivity contribution in [3.8, 4) is 5.75 Å². The molecular formula is C21H32N2O2. The first kappa shape index (κ1) is 19.5. The van der Waals surface area contributed by atoms with E-state index in [4.69, 9.17) is 4.74 Å². The van der Waals surface area contributed by atoms with Crippen LogP contribution in [0.3, 0.4) is 0 Å². The van der Waals surface area contributed by atoms with Gasteiger partial charge in [0.15, 0.2) is 0 Å². The van der Waals surface area contributed by atoms with Gasteiger partial charge >= 0.3 is 0 Å². The quantitative estimate of drug-likeness (QED) is 0.504. The summed E-state index contributed by atoms with van der Waals surface area (Å²) in [7, 11) is 3.51. The van der Waals surface area contributed by atoms with Gasteiger partial charge in [-0.1, -0.05) is 18.2 Å². The Balaban J connectivity index is 1.73. The Kier molecular flexibility index (Phi) is 7.99. The molecule has 1 fully saturated rings. The van der Waals surface area contributed by atoms with Gasteiger partial charge in [-0.15, -0.1) is 0 Å². The zero-order valence-electron chi connectivity index (χ0n) is 16.0. The van der Waals surface area contributed by atoms with Crippen molar-refractivity contribution < 1.29 is 9.53 Å². The first-order valence-electron chi connectivity index (χ1n) is 9.37. The van der Waals surface area contributed by atoms with E-state index < -0.39 is 0 Å². The third-order valence-electron chi connectivity index (χ3n) is 4.82. The molecule has 4 nitrogen and oxygen atoms in total. The van der Waals surface area contributed by atoms with E-state index in [1.54, 1.807) is 12.0 Å². The third kappa shape index (κ3) is 6.54. The summed E-state index contributed by atoms with van der Waals surface area (Å²) < 4.78 is 5.24. The number of benzene rings is 1. The van der Waals surface area contributed by atoms with E-state index in [1.165, 1.54) is 38.9 Å². The van der Waals surface area contributed by atoms with Gasteiger partial charge in [-0.3, -0.25) is 4.79 Å². The molecule has 0 aromatic heterocycles. The maximum Gasteiger partial charge on any atom is 0.249 e. The lowest BCUT2D eigenvalue weighted by atomic mass is 10.1. The van der Waals surface area contributed by atoms with E-state index in [2.05, 4.69) is 11.0 Å². The van der Waals surface area contributed by atoms with Crippen LogP contribution in [0.4, 0.5) is 0 Å². The molecule has 0 unspecified atom stereocenters. The molecule has 4 heteroatoms. The lowest BCUT2D eigenvalue weighted by Crippen LogP contribution is -2.26. The lowest BCUT2D eigenvalue weighted by molar-refractivity contribution is -0.126. The van der Waals surface area contributed by atoms with Gasteiger partial charge in [-0.05, 0) is 76.4 Å². The van der Waals surface area contributed by atoms with Gasteiger partial charge in [0.1, 0.15) is 5.75 Å². The molecule has 1 amide bonds. The Bertz CT molecular complexity index is 577. The van der Waals surface area contributed by atoms with Crippen molar-refractivity contribution in [2.24, 2.45) is 0 Å². The van der Waals surface area contributed by atoms with Crippen LogP contribution in [0, 0.1) is 0 Å². The van der Waals surface area contributed by atoms with Crippen molar-refractivity contribution in [3.63, 3.8) is 0 Å². The van der Waals surface area contributed by atoms with E-state index in [0.29, 0.717) is 6.54 Å². The molecule has 0 N–H and O–H groups in total. The Labute approximate surface area is 152 Å². The average Bonchev–Trinajstić information content (AvgIpc) is 3.14. The summed E-state index contributed by atoms with van der Waals surface area (Å²) in [5.74, 6) is 0.922. The zero-order chi connectivity index (χ0) is 18.1. The number of allylic oxidation sites excluding steroid dienone is 1. The predicted molar refractivity (Wildman–Crippen MR) is 103 cm³/mol. The van der Waals surface area contributed by atoms with Gasteiger partial charge in [0.2, 0.25) is 5.91 Å². The minimum atomic E-state index is 0.0994. The number of hydrogen-bond acceptors (Lipinski definition) is 3. The summed E-state index contributed by atoms with van der Waals surface area (Å²) in [6, 6.07) is 7.86. The Morgan fingerprint density at radius 2 is 2.04 bits per heavy atom. The van der Waals surface area contributed by atoms with Gasteiger partial charge < -0.3 is 14.5 Å². The topological polar surface area (TPSA) is 32.8 Å². The predicted octanol–water partition coefficient (Wildman–Crippen LogP) is 3.87. The Morgan fingerprint density at radius 3 is 2.76 bits per heavy atom. The highest BCUT2D eigenvalue weighted by Gasteiger charge is 2.12. The highest BCUT2D eigenvalue weighted by molar-refractivity contribution is 5.92. The molecule has 2 rings (SSSR count). The monoisotopic (exact) mass is 344 g/mol. The van der Waals surface area contributed by atoms with Crippen molar-refractivity contribution in [2.75, 3.05) is 33.8 Å². The molecule has 0 atom stereocenters. The molecule has 1 aromatic carbocycles. The normalized spacial score (nSPS) is 15.4. The SMILES string of the molecule is COc1cccc(CN(C)C(=O)C(C)=CCCCCN2CCCC2)c1. The standard InChI is InChI=1S/C21H32N2O2/c1-18(10-5-4-6-13-23-14-7-8-15-23)21(24)22(2)17-19-11-9-12-20(16-19)25-3/h9-12,16H,4-8,13-15,17H2,1-3H3. The Hall–Kier alpha value is -1.81. The molecule has 1 heterocycles. The van der Waals surface area contributed by atoms with Crippen LogP contribution in [0.5, 0.6) is 5.75 Å². The number of amides is 1. The van der Waals surface area contributed by atoms with Crippen LogP contribution < -0.4 is 4.74 Å². The second-order valence-corrected chi connectivity index (χ2v) is 6.94. The van der Waals surface area contributed by atoms with Crippen LogP contribution in [0.15, 0.2) is 35.9 Å². The first-order valence-corrected chi connectivity index (χ1v) is 9.37. The van der Waals surface area contributed by atoms with Gasteiger partial charge in [-0.2, -0.15) is 0 Å². The van der Waals surface area contributed by atoms with Crippen LogP contribution in [-0.2, 0) is 11.3 Å². The van der Waals surface area contributed by atoms with E-state index in [1.807, 2.05) is 38.2 Å². The maximum atomic E-state index is 12.5. The number of likely N-dealkylation sites (N-methyl/N-ethyl adjacent to an activating group) is 1. The fraction of sp³-hybridized carbons (Fsp3) is 0.571. The van der Waals surface area contributed by atoms with E-state index in [9.17, 15) is 4.79 Å². The van der Waals surface area contributed by atoms with Crippen LogP contribution in [0.25, 0.3) is 0 Å². The second kappa shape index (κ2) is 10.2. The second-order valence-electron chi connectivity index (χ2n) is 6.94. The number of carbonyl (C=O) groups is 1.